The highest BCUT2D eigenvalue weighted by atomic mass is 16.2. The summed E-state index contributed by atoms with van der Waals surface area (Å²) in [5.41, 5.74) is 2.25. The number of amides is 1. The number of likely N-dealkylation sites (N-methyl/N-ethyl adjacent to an activating group) is 1. The van der Waals surface area contributed by atoms with Crippen LogP contribution in [0.1, 0.15) is 43.7 Å². The van der Waals surface area contributed by atoms with Gasteiger partial charge in [0.25, 0.3) is 0 Å². The lowest BCUT2D eigenvalue weighted by atomic mass is 10.0. The van der Waals surface area contributed by atoms with Gasteiger partial charge in [0.05, 0.1) is 12.6 Å². The van der Waals surface area contributed by atoms with Crippen molar-refractivity contribution in [2.24, 2.45) is 0 Å². The molecule has 2 aromatic rings. The van der Waals surface area contributed by atoms with E-state index in [-0.39, 0.29) is 29.8 Å². The summed E-state index contributed by atoms with van der Waals surface area (Å²) in [6.07, 6.45) is 0. The molecular formula is C19H27N3O2. The molecule has 1 atom stereocenters. The molecule has 0 bridgehead atoms. The highest BCUT2D eigenvalue weighted by Crippen LogP contribution is 2.24. The molecule has 0 unspecified atom stereocenters. The van der Waals surface area contributed by atoms with Gasteiger partial charge in [0.1, 0.15) is 0 Å². The number of aromatic nitrogens is 1. The summed E-state index contributed by atoms with van der Waals surface area (Å²) >= 11 is 0. The average Bonchev–Trinajstić information content (AvgIpc) is 2.79. The molecule has 0 saturated heterocycles. The maximum atomic E-state index is 13.0. The maximum Gasteiger partial charge on any atom is 0.234 e. The van der Waals surface area contributed by atoms with Crippen LogP contribution in [0.4, 0.5) is 0 Å². The molecule has 0 saturated carbocycles. The third kappa shape index (κ3) is 4.03. The summed E-state index contributed by atoms with van der Waals surface area (Å²) in [7, 11) is 1.80. The number of carbonyl (C=O) groups excluding carboxylic acids is 2. The second kappa shape index (κ2) is 6.77. The fourth-order valence-electron chi connectivity index (χ4n) is 2.82. The van der Waals surface area contributed by atoms with E-state index in [4.69, 9.17) is 0 Å². The van der Waals surface area contributed by atoms with Gasteiger partial charge in [0, 0.05) is 27.7 Å². The highest BCUT2D eigenvalue weighted by Gasteiger charge is 2.26. The first-order valence-electron chi connectivity index (χ1n) is 8.23. The second-order valence-electron chi connectivity index (χ2n) is 7.42. The van der Waals surface area contributed by atoms with Crippen LogP contribution in [0, 0.1) is 6.92 Å². The number of hydrogen-bond donors (Lipinski definition) is 2. The SMILES string of the molecule is Cc1[nH]c2ccccc2c1C(=O)[C@H](C)N(C)CC(=O)NC(C)(C)C. The molecule has 0 fully saturated rings. The molecule has 1 heterocycles. The zero-order valence-corrected chi connectivity index (χ0v) is 15.4. The Balaban J connectivity index is 2.16. The number of carbonyl (C=O) groups is 2. The predicted octanol–water partition coefficient (Wildman–Crippen LogP) is 2.89. The van der Waals surface area contributed by atoms with Gasteiger partial charge in [-0.2, -0.15) is 0 Å². The quantitative estimate of drug-likeness (QED) is 0.829. The van der Waals surface area contributed by atoms with E-state index in [1.807, 2.05) is 58.9 Å². The van der Waals surface area contributed by atoms with Gasteiger partial charge in [0.15, 0.2) is 5.78 Å². The molecule has 0 radical (unpaired) electrons. The summed E-state index contributed by atoms with van der Waals surface area (Å²) in [6.45, 7) is 9.75. The number of nitrogens with zero attached hydrogens (tertiary/aromatic N) is 1. The normalized spacial score (nSPS) is 13.3. The van der Waals surface area contributed by atoms with E-state index in [0.717, 1.165) is 16.6 Å². The number of nitrogens with one attached hydrogen (secondary N) is 2. The molecular weight excluding hydrogens is 302 g/mol. The van der Waals surface area contributed by atoms with Crippen molar-refractivity contribution in [2.75, 3.05) is 13.6 Å². The Hall–Kier alpha value is -2.14. The number of aryl methyl sites for hydroxylation is 1. The van der Waals surface area contributed by atoms with Crippen LogP contribution in [-0.2, 0) is 4.79 Å². The number of Topliss-reactive ketones (excluding diaryl/α,β-unsaturated/α-hetero) is 1. The van der Waals surface area contributed by atoms with Crippen molar-refractivity contribution in [3.8, 4) is 0 Å². The summed E-state index contributed by atoms with van der Waals surface area (Å²) in [5.74, 6) is -0.0590. The molecule has 1 aromatic heterocycles. The zero-order chi connectivity index (χ0) is 18.1. The molecule has 5 heteroatoms. The minimum atomic E-state index is -0.381. The lowest BCUT2D eigenvalue weighted by molar-refractivity contribution is -0.123. The fourth-order valence-corrected chi connectivity index (χ4v) is 2.82. The van der Waals surface area contributed by atoms with Crippen LogP contribution in [0.25, 0.3) is 10.9 Å². The molecule has 0 spiro atoms. The van der Waals surface area contributed by atoms with E-state index >= 15 is 0 Å². The van der Waals surface area contributed by atoms with Gasteiger partial charge in [-0.15, -0.1) is 0 Å². The Morgan fingerprint density at radius 3 is 2.50 bits per heavy atom. The van der Waals surface area contributed by atoms with Crippen molar-refractivity contribution in [1.29, 1.82) is 0 Å². The predicted molar refractivity (Wildman–Crippen MR) is 97.4 cm³/mol. The summed E-state index contributed by atoms with van der Waals surface area (Å²) in [6, 6.07) is 7.40. The topological polar surface area (TPSA) is 65.2 Å². The molecule has 2 N–H and O–H groups in total. The largest absolute Gasteiger partial charge is 0.358 e. The van der Waals surface area contributed by atoms with E-state index < -0.39 is 0 Å². The number of para-hydroxylation sites is 1. The first-order valence-corrected chi connectivity index (χ1v) is 8.23. The van der Waals surface area contributed by atoms with Gasteiger partial charge in [-0.25, -0.2) is 0 Å². The van der Waals surface area contributed by atoms with E-state index in [9.17, 15) is 9.59 Å². The monoisotopic (exact) mass is 329 g/mol. The van der Waals surface area contributed by atoms with Crippen molar-refractivity contribution >= 4 is 22.6 Å². The maximum absolute atomic E-state index is 13.0. The molecule has 24 heavy (non-hydrogen) atoms. The van der Waals surface area contributed by atoms with Crippen LogP contribution < -0.4 is 5.32 Å². The molecule has 5 nitrogen and oxygen atoms in total. The average molecular weight is 329 g/mol. The van der Waals surface area contributed by atoms with Gasteiger partial charge in [0.2, 0.25) is 5.91 Å². The Bertz CT molecular complexity index is 756. The van der Waals surface area contributed by atoms with Crippen molar-refractivity contribution in [2.45, 2.75) is 46.2 Å². The number of fused-ring (bicyclic) bond motifs is 1. The smallest absolute Gasteiger partial charge is 0.234 e. The van der Waals surface area contributed by atoms with E-state index in [1.54, 1.807) is 11.9 Å². The van der Waals surface area contributed by atoms with E-state index in [2.05, 4.69) is 10.3 Å². The first kappa shape index (κ1) is 18.2. The van der Waals surface area contributed by atoms with E-state index in [0.29, 0.717) is 5.56 Å². The van der Waals surface area contributed by atoms with Crippen LogP contribution in [0.15, 0.2) is 24.3 Å². The standard InChI is InChI=1S/C19H27N3O2/c1-12-17(14-9-7-8-10-15(14)20-12)18(24)13(2)22(6)11-16(23)21-19(3,4)5/h7-10,13,20H,11H2,1-6H3,(H,21,23)/t13-/m0/s1. The first-order chi connectivity index (χ1) is 11.1. The van der Waals surface area contributed by atoms with Gasteiger partial charge >= 0.3 is 0 Å². The molecule has 0 aliphatic carbocycles. The fraction of sp³-hybridized carbons (Fsp3) is 0.474. The number of rotatable bonds is 5. The van der Waals surface area contributed by atoms with Gasteiger partial charge in [-0.1, -0.05) is 18.2 Å². The molecule has 1 amide bonds. The summed E-state index contributed by atoms with van der Waals surface area (Å²) in [5, 5.41) is 3.85. The highest BCUT2D eigenvalue weighted by molar-refractivity contribution is 6.11. The lowest BCUT2D eigenvalue weighted by Crippen LogP contribution is -2.48. The Morgan fingerprint density at radius 1 is 1.25 bits per heavy atom. The second-order valence-corrected chi connectivity index (χ2v) is 7.42. The minimum absolute atomic E-state index is 0.0241. The van der Waals surface area contributed by atoms with Crippen molar-refractivity contribution in [3.63, 3.8) is 0 Å². The molecule has 0 aliphatic rings. The van der Waals surface area contributed by atoms with Crippen molar-refractivity contribution < 1.29 is 9.59 Å². The zero-order valence-electron chi connectivity index (χ0n) is 15.4. The van der Waals surface area contributed by atoms with Crippen LogP contribution in [0.5, 0.6) is 0 Å². The van der Waals surface area contributed by atoms with Gasteiger partial charge in [-0.05, 0) is 47.7 Å². The molecule has 130 valence electrons. The van der Waals surface area contributed by atoms with Crippen LogP contribution in [0.2, 0.25) is 0 Å². The third-order valence-corrected chi connectivity index (χ3v) is 4.09. The van der Waals surface area contributed by atoms with Crippen LogP contribution >= 0.6 is 0 Å². The third-order valence-electron chi connectivity index (χ3n) is 4.09. The molecule has 1 aromatic carbocycles. The van der Waals surface area contributed by atoms with Crippen LogP contribution in [0.3, 0.4) is 0 Å². The van der Waals surface area contributed by atoms with Gasteiger partial charge < -0.3 is 10.3 Å². The number of benzene rings is 1. The number of aromatic amines is 1. The van der Waals surface area contributed by atoms with E-state index in [1.165, 1.54) is 0 Å². The number of ketones is 1. The van der Waals surface area contributed by atoms with Crippen molar-refractivity contribution in [3.05, 3.63) is 35.5 Å². The minimum Gasteiger partial charge on any atom is -0.358 e. The van der Waals surface area contributed by atoms with Gasteiger partial charge in [-0.3, -0.25) is 14.5 Å². The number of hydrogen-bond acceptors (Lipinski definition) is 3. The summed E-state index contributed by atoms with van der Waals surface area (Å²) < 4.78 is 0. The Morgan fingerprint density at radius 2 is 1.88 bits per heavy atom. The van der Waals surface area contributed by atoms with Crippen LogP contribution in [-0.4, -0.2) is 46.7 Å². The molecule has 2 rings (SSSR count). The lowest BCUT2D eigenvalue weighted by Gasteiger charge is -2.26. The van der Waals surface area contributed by atoms with Crippen molar-refractivity contribution in [1.82, 2.24) is 15.2 Å². The molecule has 0 aliphatic heterocycles. The Labute approximate surface area is 143 Å². The Kier molecular flexibility index (Phi) is 5.13. The number of H-pyrrole nitrogens is 1. The summed E-state index contributed by atoms with van der Waals surface area (Å²) in [4.78, 5) is 30.1.